The molecule has 0 radical (unpaired) electrons. The summed E-state index contributed by atoms with van der Waals surface area (Å²) < 4.78 is 11.4. The lowest BCUT2D eigenvalue weighted by atomic mass is 10.1. The Morgan fingerprint density at radius 3 is 2.47 bits per heavy atom. The normalized spacial score (nSPS) is 10.5. The van der Waals surface area contributed by atoms with Crippen LogP contribution in [0.1, 0.15) is 23.6 Å². The molecule has 5 nitrogen and oxygen atoms in total. The molecular weight excluding hydrogens is 447 g/mol. The Morgan fingerprint density at radius 1 is 0.938 bits per heavy atom. The molecule has 0 saturated carbocycles. The fourth-order valence-corrected chi connectivity index (χ4v) is 3.56. The quantitative estimate of drug-likeness (QED) is 0.366. The second-order valence-corrected chi connectivity index (χ2v) is 8.18. The molecule has 0 atom stereocenters. The van der Waals surface area contributed by atoms with Crippen molar-refractivity contribution in [1.82, 2.24) is 0 Å². The molecule has 2 N–H and O–H groups in total. The maximum absolute atomic E-state index is 12.3. The van der Waals surface area contributed by atoms with Gasteiger partial charge in [0.2, 0.25) is 0 Å². The zero-order chi connectivity index (χ0) is 23.1. The van der Waals surface area contributed by atoms with E-state index in [1.165, 1.54) is 5.56 Å². The van der Waals surface area contributed by atoms with E-state index in [4.69, 9.17) is 32.7 Å². The van der Waals surface area contributed by atoms with Gasteiger partial charge in [0.25, 0.3) is 5.91 Å². The van der Waals surface area contributed by atoms with Gasteiger partial charge in [-0.25, -0.2) is 0 Å². The van der Waals surface area contributed by atoms with Crippen LogP contribution < -0.4 is 20.1 Å². The van der Waals surface area contributed by atoms with Crippen LogP contribution in [0.2, 0.25) is 10.0 Å². The molecule has 0 aliphatic rings. The molecule has 0 aromatic heterocycles. The molecule has 0 heterocycles. The summed E-state index contributed by atoms with van der Waals surface area (Å²) in [5, 5.41) is 7.10. The van der Waals surface area contributed by atoms with E-state index in [1.54, 1.807) is 18.2 Å². The first-order valence-corrected chi connectivity index (χ1v) is 11.1. The highest BCUT2D eigenvalue weighted by Gasteiger charge is 2.15. The van der Waals surface area contributed by atoms with E-state index in [0.29, 0.717) is 40.4 Å². The number of rotatable bonds is 9. The number of amides is 1. The largest absolute Gasteiger partial charge is 0.490 e. The first-order chi connectivity index (χ1) is 15.4. The number of ether oxygens (including phenoxy) is 2. The van der Waals surface area contributed by atoms with Gasteiger partial charge in [0.05, 0.1) is 11.6 Å². The summed E-state index contributed by atoms with van der Waals surface area (Å²) >= 11 is 12.6. The SMILES string of the molecule is CCOc1cc(CNc2cccc(C)c2)cc(Cl)c1OCC(=O)Nc1ccc(C)c(Cl)c1. The Labute approximate surface area is 198 Å². The maximum atomic E-state index is 12.3. The van der Waals surface area contributed by atoms with E-state index in [2.05, 4.69) is 16.7 Å². The van der Waals surface area contributed by atoms with Crippen molar-refractivity contribution >= 4 is 40.5 Å². The first-order valence-electron chi connectivity index (χ1n) is 10.3. The molecule has 0 spiro atoms. The van der Waals surface area contributed by atoms with Crippen LogP contribution >= 0.6 is 23.2 Å². The molecule has 0 fully saturated rings. The zero-order valence-corrected chi connectivity index (χ0v) is 19.8. The summed E-state index contributed by atoms with van der Waals surface area (Å²) in [7, 11) is 0. The Morgan fingerprint density at radius 2 is 1.75 bits per heavy atom. The van der Waals surface area contributed by atoms with Crippen LogP contribution in [0.25, 0.3) is 0 Å². The lowest BCUT2D eigenvalue weighted by Gasteiger charge is -2.16. The lowest BCUT2D eigenvalue weighted by Crippen LogP contribution is -2.20. The minimum Gasteiger partial charge on any atom is -0.490 e. The highest BCUT2D eigenvalue weighted by molar-refractivity contribution is 6.32. The number of carbonyl (C=O) groups is 1. The van der Waals surface area contributed by atoms with Crippen molar-refractivity contribution < 1.29 is 14.3 Å². The molecule has 0 aliphatic carbocycles. The molecule has 3 aromatic rings. The summed E-state index contributed by atoms with van der Waals surface area (Å²) in [5.74, 6) is 0.505. The van der Waals surface area contributed by atoms with Crippen LogP contribution in [0.3, 0.4) is 0 Å². The number of halogens is 2. The molecule has 7 heteroatoms. The molecule has 1 amide bonds. The number of nitrogens with one attached hydrogen (secondary N) is 2. The summed E-state index contributed by atoms with van der Waals surface area (Å²) in [6, 6.07) is 17.1. The summed E-state index contributed by atoms with van der Waals surface area (Å²) in [6.45, 7) is 6.61. The third-order valence-electron chi connectivity index (χ3n) is 4.69. The Bertz CT molecular complexity index is 1100. The molecule has 0 bridgehead atoms. The van der Waals surface area contributed by atoms with Crippen LogP contribution in [-0.2, 0) is 11.3 Å². The molecule has 0 unspecified atom stereocenters. The molecule has 0 saturated heterocycles. The second kappa shape index (κ2) is 11.1. The minimum atomic E-state index is -0.325. The number of hydrogen-bond acceptors (Lipinski definition) is 4. The van der Waals surface area contributed by atoms with Crippen molar-refractivity contribution in [1.29, 1.82) is 0 Å². The number of carbonyl (C=O) groups excluding carboxylic acids is 1. The van der Waals surface area contributed by atoms with Gasteiger partial charge in [0.15, 0.2) is 18.1 Å². The van der Waals surface area contributed by atoms with Crippen molar-refractivity contribution in [3.8, 4) is 11.5 Å². The van der Waals surface area contributed by atoms with E-state index in [1.807, 2.05) is 51.1 Å². The van der Waals surface area contributed by atoms with E-state index < -0.39 is 0 Å². The van der Waals surface area contributed by atoms with E-state index in [0.717, 1.165) is 16.8 Å². The van der Waals surface area contributed by atoms with Gasteiger partial charge in [-0.15, -0.1) is 0 Å². The van der Waals surface area contributed by atoms with E-state index in [-0.39, 0.29) is 12.5 Å². The fourth-order valence-electron chi connectivity index (χ4n) is 3.09. The van der Waals surface area contributed by atoms with Crippen molar-refractivity contribution in [3.63, 3.8) is 0 Å². The molecule has 168 valence electrons. The van der Waals surface area contributed by atoms with Crippen molar-refractivity contribution in [2.75, 3.05) is 23.8 Å². The Kier molecular flexibility index (Phi) is 8.26. The highest BCUT2D eigenvalue weighted by atomic mass is 35.5. The van der Waals surface area contributed by atoms with Crippen molar-refractivity contribution in [2.24, 2.45) is 0 Å². The predicted octanol–water partition coefficient (Wildman–Crippen LogP) is 6.64. The van der Waals surface area contributed by atoms with Gasteiger partial charge in [-0.3, -0.25) is 4.79 Å². The topological polar surface area (TPSA) is 59.6 Å². The maximum Gasteiger partial charge on any atom is 0.262 e. The summed E-state index contributed by atoms with van der Waals surface area (Å²) in [6.07, 6.45) is 0. The summed E-state index contributed by atoms with van der Waals surface area (Å²) in [4.78, 5) is 12.3. The lowest BCUT2D eigenvalue weighted by molar-refractivity contribution is -0.118. The third kappa shape index (κ3) is 6.55. The monoisotopic (exact) mass is 472 g/mol. The van der Waals surface area contributed by atoms with Gasteiger partial charge in [0, 0.05) is 22.9 Å². The van der Waals surface area contributed by atoms with Crippen LogP contribution in [0.4, 0.5) is 11.4 Å². The smallest absolute Gasteiger partial charge is 0.262 e. The third-order valence-corrected chi connectivity index (χ3v) is 5.38. The van der Waals surface area contributed by atoms with Crippen LogP contribution in [0.5, 0.6) is 11.5 Å². The van der Waals surface area contributed by atoms with E-state index >= 15 is 0 Å². The highest BCUT2D eigenvalue weighted by Crippen LogP contribution is 2.37. The second-order valence-electron chi connectivity index (χ2n) is 7.36. The zero-order valence-electron chi connectivity index (χ0n) is 18.3. The van der Waals surface area contributed by atoms with Gasteiger partial charge in [-0.1, -0.05) is 41.4 Å². The van der Waals surface area contributed by atoms with Gasteiger partial charge in [-0.05, 0) is 73.9 Å². The van der Waals surface area contributed by atoms with Crippen molar-refractivity contribution in [2.45, 2.75) is 27.3 Å². The number of aryl methyl sites for hydroxylation is 2. The molecule has 32 heavy (non-hydrogen) atoms. The fraction of sp³-hybridized carbons (Fsp3) is 0.240. The number of anilines is 2. The van der Waals surface area contributed by atoms with Crippen LogP contribution in [0.15, 0.2) is 54.6 Å². The average Bonchev–Trinajstić information content (AvgIpc) is 2.74. The molecule has 3 rings (SSSR count). The van der Waals surface area contributed by atoms with Gasteiger partial charge in [0.1, 0.15) is 0 Å². The average molecular weight is 473 g/mol. The summed E-state index contributed by atoms with van der Waals surface area (Å²) in [5.41, 5.74) is 4.67. The van der Waals surface area contributed by atoms with Crippen LogP contribution in [0, 0.1) is 13.8 Å². The number of benzene rings is 3. The van der Waals surface area contributed by atoms with Gasteiger partial charge < -0.3 is 20.1 Å². The van der Waals surface area contributed by atoms with Crippen molar-refractivity contribution in [3.05, 3.63) is 81.3 Å². The minimum absolute atomic E-state index is 0.216. The Balaban J connectivity index is 1.67. The predicted molar refractivity (Wildman–Crippen MR) is 131 cm³/mol. The molecule has 3 aromatic carbocycles. The standard InChI is InChI=1S/C25H26Cl2N2O3/c1-4-31-23-12-18(14-28-19-7-5-6-16(2)10-19)11-22(27)25(23)32-15-24(30)29-20-9-8-17(3)21(26)13-20/h5-13,28H,4,14-15H2,1-3H3,(H,29,30). The molecule has 0 aliphatic heterocycles. The Hall–Kier alpha value is -2.89. The van der Waals surface area contributed by atoms with Crippen LogP contribution in [-0.4, -0.2) is 19.1 Å². The number of hydrogen-bond donors (Lipinski definition) is 2. The van der Waals surface area contributed by atoms with Gasteiger partial charge >= 0.3 is 0 Å². The molecular formula is C25H26Cl2N2O3. The van der Waals surface area contributed by atoms with E-state index in [9.17, 15) is 4.79 Å². The van der Waals surface area contributed by atoms with Gasteiger partial charge in [-0.2, -0.15) is 0 Å². The first kappa shape index (κ1) is 23.8.